The molecule has 0 aromatic heterocycles. The molecule has 130 valence electrons. The molecule has 3 nitrogen and oxygen atoms in total. The Hall–Kier alpha value is -0.900. The molecule has 0 amide bonds. The van der Waals surface area contributed by atoms with Crippen LogP contribution in [0.3, 0.4) is 0 Å². The minimum atomic E-state index is 0.280. The first kappa shape index (κ1) is 18.4. The van der Waals surface area contributed by atoms with Crippen molar-refractivity contribution < 1.29 is 5.11 Å². The highest BCUT2D eigenvalue weighted by Gasteiger charge is 2.29. The summed E-state index contributed by atoms with van der Waals surface area (Å²) in [4.78, 5) is 5.13. The molecule has 1 aromatic carbocycles. The minimum absolute atomic E-state index is 0.280. The fourth-order valence-electron chi connectivity index (χ4n) is 3.61. The van der Waals surface area contributed by atoms with Gasteiger partial charge in [0.2, 0.25) is 0 Å². The van der Waals surface area contributed by atoms with E-state index in [1.807, 2.05) is 0 Å². The number of hydrogen-bond donors (Lipinski definition) is 1. The number of benzene rings is 1. The zero-order valence-corrected chi connectivity index (χ0v) is 15.6. The molecule has 0 saturated carbocycles. The number of aliphatic hydroxyl groups excluding tert-OH is 1. The summed E-state index contributed by atoms with van der Waals surface area (Å²) in [7, 11) is 0. The molecule has 0 radical (unpaired) electrons. The highest BCUT2D eigenvalue weighted by molar-refractivity contribution is 5.30. The van der Waals surface area contributed by atoms with Gasteiger partial charge in [-0.1, -0.05) is 44.5 Å². The molecule has 1 aliphatic heterocycles. The minimum Gasteiger partial charge on any atom is -0.396 e. The van der Waals surface area contributed by atoms with Crippen LogP contribution in [0.1, 0.15) is 43.9 Å². The lowest BCUT2D eigenvalue weighted by Crippen LogP contribution is -2.54. The maximum atomic E-state index is 9.44. The van der Waals surface area contributed by atoms with Crippen LogP contribution in [-0.4, -0.2) is 53.7 Å². The van der Waals surface area contributed by atoms with Crippen molar-refractivity contribution in [1.29, 1.82) is 0 Å². The van der Waals surface area contributed by atoms with Gasteiger partial charge in [-0.15, -0.1) is 0 Å². The quantitative estimate of drug-likeness (QED) is 0.903. The van der Waals surface area contributed by atoms with Crippen molar-refractivity contribution in [1.82, 2.24) is 9.80 Å². The summed E-state index contributed by atoms with van der Waals surface area (Å²) in [5, 5.41) is 9.44. The summed E-state index contributed by atoms with van der Waals surface area (Å²) in [6.45, 7) is 16.9. The Morgan fingerprint density at radius 2 is 1.91 bits per heavy atom. The maximum Gasteiger partial charge on any atom is 0.0446 e. The molecule has 0 aliphatic carbocycles. The largest absolute Gasteiger partial charge is 0.396 e. The van der Waals surface area contributed by atoms with E-state index in [0.717, 1.165) is 39.1 Å². The Labute approximate surface area is 142 Å². The van der Waals surface area contributed by atoms with E-state index in [4.69, 9.17) is 0 Å². The summed E-state index contributed by atoms with van der Waals surface area (Å²) in [6.07, 6.45) is 0.874. The van der Waals surface area contributed by atoms with Crippen molar-refractivity contribution in [3.63, 3.8) is 0 Å². The second-order valence-electron chi connectivity index (χ2n) is 8.36. The van der Waals surface area contributed by atoms with Crippen LogP contribution in [0.5, 0.6) is 0 Å². The predicted molar refractivity (Wildman–Crippen MR) is 97.7 cm³/mol. The topological polar surface area (TPSA) is 26.7 Å². The van der Waals surface area contributed by atoms with Crippen LogP contribution in [0.2, 0.25) is 0 Å². The summed E-state index contributed by atoms with van der Waals surface area (Å²) >= 11 is 0. The van der Waals surface area contributed by atoms with E-state index in [2.05, 4.69) is 62.6 Å². The molecule has 0 bridgehead atoms. The van der Waals surface area contributed by atoms with E-state index in [-0.39, 0.29) is 6.61 Å². The normalized spacial score (nSPS) is 20.9. The van der Waals surface area contributed by atoms with Crippen LogP contribution in [0.4, 0.5) is 0 Å². The number of nitrogens with zero attached hydrogens (tertiary/aromatic N) is 2. The van der Waals surface area contributed by atoms with E-state index in [0.29, 0.717) is 11.5 Å². The number of rotatable bonds is 5. The van der Waals surface area contributed by atoms with Crippen molar-refractivity contribution in [3.05, 3.63) is 34.9 Å². The Morgan fingerprint density at radius 1 is 1.17 bits per heavy atom. The van der Waals surface area contributed by atoms with Gasteiger partial charge in [-0.3, -0.25) is 9.80 Å². The third-order valence-corrected chi connectivity index (χ3v) is 4.72. The Kier molecular flexibility index (Phi) is 6.24. The van der Waals surface area contributed by atoms with E-state index in [1.54, 1.807) is 0 Å². The summed E-state index contributed by atoms with van der Waals surface area (Å²) in [5.74, 6) is 0. The van der Waals surface area contributed by atoms with Crippen LogP contribution < -0.4 is 0 Å². The molecule has 1 heterocycles. The molecule has 0 spiro atoms. The van der Waals surface area contributed by atoms with Gasteiger partial charge < -0.3 is 5.11 Å². The lowest BCUT2D eigenvalue weighted by atomic mass is 9.94. The van der Waals surface area contributed by atoms with Crippen LogP contribution in [0, 0.1) is 19.3 Å². The fraction of sp³-hybridized carbons (Fsp3) is 0.700. The molecule has 1 aromatic rings. The maximum absolute atomic E-state index is 9.44. The van der Waals surface area contributed by atoms with Gasteiger partial charge in [-0.2, -0.15) is 0 Å². The predicted octanol–water partition coefficient (Wildman–Crippen LogP) is 3.22. The monoisotopic (exact) mass is 318 g/mol. The SMILES string of the molecule is Cc1ccc(CN2CCN(CC(C)(C)C)[C@@H](CCO)C2)c(C)c1. The van der Waals surface area contributed by atoms with Crippen LogP contribution in [-0.2, 0) is 6.54 Å². The average molecular weight is 319 g/mol. The Bertz CT molecular complexity index is 507. The van der Waals surface area contributed by atoms with Crippen LogP contribution in [0.15, 0.2) is 18.2 Å². The van der Waals surface area contributed by atoms with Crippen molar-refractivity contribution in [3.8, 4) is 0 Å². The number of aliphatic hydroxyl groups is 1. The number of hydrogen-bond acceptors (Lipinski definition) is 3. The molecule has 3 heteroatoms. The van der Waals surface area contributed by atoms with E-state index in [1.165, 1.54) is 16.7 Å². The van der Waals surface area contributed by atoms with Crippen molar-refractivity contribution >= 4 is 0 Å². The Balaban J connectivity index is 2.00. The molecule has 1 N–H and O–H groups in total. The van der Waals surface area contributed by atoms with E-state index >= 15 is 0 Å². The van der Waals surface area contributed by atoms with Gasteiger partial charge in [0.1, 0.15) is 0 Å². The van der Waals surface area contributed by atoms with E-state index < -0.39 is 0 Å². The van der Waals surface area contributed by atoms with Crippen molar-refractivity contribution in [2.24, 2.45) is 5.41 Å². The molecule has 2 rings (SSSR count). The third kappa shape index (κ3) is 5.59. The number of piperazine rings is 1. The first-order valence-corrected chi connectivity index (χ1v) is 8.92. The summed E-state index contributed by atoms with van der Waals surface area (Å²) < 4.78 is 0. The molecule has 1 fully saturated rings. The van der Waals surface area contributed by atoms with Gasteiger partial charge in [0.05, 0.1) is 0 Å². The molecule has 23 heavy (non-hydrogen) atoms. The lowest BCUT2D eigenvalue weighted by molar-refractivity contribution is 0.0339. The first-order chi connectivity index (χ1) is 10.8. The summed E-state index contributed by atoms with van der Waals surface area (Å²) in [5.41, 5.74) is 4.46. The first-order valence-electron chi connectivity index (χ1n) is 8.92. The van der Waals surface area contributed by atoms with Crippen LogP contribution >= 0.6 is 0 Å². The van der Waals surface area contributed by atoms with Crippen molar-refractivity contribution in [2.45, 2.75) is 53.6 Å². The highest BCUT2D eigenvalue weighted by Crippen LogP contribution is 2.22. The highest BCUT2D eigenvalue weighted by atomic mass is 16.3. The second kappa shape index (κ2) is 7.78. The Morgan fingerprint density at radius 3 is 2.52 bits per heavy atom. The van der Waals surface area contributed by atoms with Gasteiger partial charge in [0, 0.05) is 45.4 Å². The average Bonchev–Trinajstić information content (AvgIpc) is 2.43. The van der Waals surface area contributed by atoms with E-state index in [9.17, 15) is 5.11 Å². The van der Waals surface area contributed by atoms with Gasteiger partial charge in [-0.05, 0) is 36.8 Å². The zero-order chi connectivity index (χ0) is 17.0. The molecule has 1 saturated heterocycles. The lowest BCUT2D eigenvalue weighted by Gasteiger charge is -2.44. The van der Waals surface area contributed by atoms with Crippen LogP contribution in [0.25, 0.3) is 0 Å². The third-order valence-electron chi connectivity index (χ3n) is 4.72. The van der Waals surface area contributed by atoms with Gasteiger partial charge >= 0.3 is 0 Å². The second-order valence-corrected chi connectivity index (χ2v) is 8.36. The zero-order valence-electron chi connectivity index (χ0n) is 15.6. The smallest absolute Gasteiger partial charge is 0.0446 e. The molecule has 1 aliphatic rings. The molecule has 0 unspecified atom stereocenters. The molecular weight excluding hydrogens is 284 g/mol. The van der Waals surface area contributed by atoms with Gasteiger partial charge in [0.25, 0.3) is 0 Å². The van der Waals surface area contributed by atoms with Gasteiger partial charge in [-0.25, -0.2) is 0 Å². The number of aryl methyl sites for hydroxylation is 2. The van der Waals surface area contributed by atoms with Gasteiger partial charge in [0.15, 0.2) is 0 Å². The molecular formula is C20H34N2O. The fourth-order valence-corrected chi connectivity index (χ4v) is 3.61. The standard InChI is InChI=1S/C20H34N2O/c1-16-6-7-18(17(2)12-16)13-21-9-10-22(15-20(3,4)5)19(14-21)8-11-23/h6-7,12,19,23H,8-11,13-15H2,1-5H3/t19-/m0/s1. The molecule has 1 atom stereocenters. The van der Waals surface area contributed by atoms with Crippen molar-refractivity contribution in [2.75, 3.05) is 32.8 Å². The summed E-state index contributed by atoms with van der Waals surface area (Å²) in [6, 6.07) is 7.23.